The molecule has 5 nitrogen and oxygen atoms in total. The molecule has 0 N–H and O–H groups in total. The zero-order valence-corrected chi connectivity index (χ0v) is 17.3. The Morgan fingerprint density at radius 3 is 2.47 bits per heavy atom. The molecule has 30 heavy (non-hydrogen) atoms. The molecule has 1 fully saturated rings. The maximum absolute atomic E-state index is 13.6. The quantitative estimate of drug-likeness (QED) is 0.675. The van der Waals surface area contributed by atoms with Crippen molar-refractivity contribution < 1.29 is 18.0 Å². The molecule has 0 bridgehead atoms. The molecular weight excluding hydrogens is 413 g/mol. The zero-order chi connectivity index (χ0) is 21.7. The number of carbonyl (C=O) groups is 1. The second-order valence-corrected chi connectivity index (χ2v) is 8.05. The van der Waals surface area contributed by atoms with Crippen LogP contribution in [0.15, 0.2) is 41.4 Å². The topological polar surface area (TPSA) is 60.2 Å². The molecule has 0 aliphatic carbocycles. The first kappa shape index (κ1) is 22.1. The van der Waals surface area contributed by atoms with Crippen LogP contribution in [0.4, 0.5) is 13.2 Å². The average molecular weight is 434 g/mol. The van der Waals surface area contributed by atoms with E-state index in [2.05, 4.69) is 9.88 Å². The third-order valence-corrected chi connectivity index (χ3v) is 5.83. The van der Waals surface area contributed by atoms with Gasteiger partial charge in [0.1, 0.15) is 11.1 Å². The molecule has 1 saturated heterocycles. The Kier molecular flexibility index (Phi) is 7.00. The van der Waals surface area contributed by atoms with Crippen LogP contribution in [0.2, 0.25) is 0 Å². The van der Waals surface area contributed by atoms with Crippen molar-refractivity contribution in [3.05, 3.63) is 58.8 Å². The van der Waals surface area contributed by atoms with Crippen molar-refractivity contribution in [1.82, 2.24) is 14.8 Å². The molecule has 2 heterocycles. The average Bonchev–Trinajstić information content (AvgIpc) is 2.72. The number of piperazine rings is 1. The van der Waals surface area contributed by atoms with Gasteiger partial charge in [0, 0.05) is 38.3 Å². The van der Waals surface area contributed by atoms with Crippen molar-refractivity contribution in [3.8, 4) is 6.07 Å². The van der Waals surface area contributed by atoms with Crippen LogP contribution < -0.4 is 0 Å². The fraction of sp³-hybridized carbons (Fsp3) is 0.381. The summed E-state index contributed by atoms with van der Waals surface area (Å²) in [7, 11) is 1.97. The largest absolute Gasteiger partial charge is 0.417 e. The number of thioether (sulfide) groups is 1. The maximum Gasteiger partial charge on any atom is 0.417 e. The van der Waals surface area contributed by atoms with Crippen LogP contribution in [0.5, 0.6) is 0 Å². The molecule has 0 atom stereocenters. The lowest BCUT2D eigenvalue weighted by molar-refractivity contribution is -0.138. The Morgan fingerprint density at radius 2 is 1.87 bits per heavy atom. The van der Waals surface area contributed by atoms with Gasteiger partial charge in [0.2, 0.25) is 5.91 Å². The summed E-state index contributed by atoms with van der Waals surface area (Å²) in [6.07, 6.45) is -4.48. The normalized spacial score (nSPS) is 15.1. The number of amides is 1. The van der Waals surface area contributed by atoms with E-state index in [1.165, 1.54) is 0 Å². The molecule has 3 rings (SSSR count). The molecule has 158 valence electrons. The van der Waals surface area contributed by atoms with E-state index in [1.54, 1.807) is 35.2 Å². The number of nitriles is 1. The number of carbonyl (C=O) groups excluding carboxylic acids is 1. The number of alkyl halides is 3. The van der Waals surface area contributed by atoms with E-state index in [-0.39, 0.29) is 28.8 Å². The first-order valence-electron chi connectivity index (χ1n) is 9.42. The van der Waals surface area contributed by atoms with E-state index in [4.69, 9.17) is 0 Å². The lowest BCUT2D eigenvalue weighted by Gasteiger charge is -2.32. The van der Waals surface area contributed by atoms with Crippen LogP contribution >= 0.6 is 11.8 Å². The summed E-state index contributed by atoms with van der Waals surface area (Å²) >= 11 is 0.891. The fourth-order valence-electron chi connectivity index (χ4n) is 3.18. The molecule has 1 aliphatic heterocycles. The summed E-state index contributed by atoms with van der Waals surface area (Å²) < 4.78 is 40.8. The van der Waals surface area contributed by atoms with Gasteiger partial charge < -0.3 is 9.80 Å². The summed E-state index contributed by atoms with van der Waals surface area (Å²) in [6, 6.07) is 11.6. The summed E-state index contributed by atoms with van der Waals surface area (Å²) in [5.41, 5.74) is -0.523. The van der Waals surface area contributed by atoms with E-state index in [9.17, 15) is 23.2 Å². The van der Waals surface area contributed by atoms with Crippen molar-refractivity contribution in [2.75, 3.05) is 39.0 Å². The smallest absolute Gasteiger partial charge is 0.339 e. The number of nitrogens with zero attached hydrogens (tertiary/aromatic N) is 4. The third kappa shape index (κ3) is 5.52. The van der Waals surface area contributed by atoms with Gasteiger partial charge >= 0.3 is 6.18 Å². The second kappa shape index (κ2) is 9.49. The van der Waals surface area contributed by atoms with Gasteiger partial charge in [0.25, 0.3) is 0 Å². The van der Waals surface area contributed by atoms with Crippen LogP contribution in [0.25, 0.3) is 0 Å². The molecule has 1 aliphatic rings. The molecule has 0 saturated carbocycles. The highest BCUT2D eigenvalue weighted by molar-refractivity contribution is 8.00. The van der Waals surface area contributed by atoms with Crippen LogP contribution in [0, 0.1) is 11.3 Å². The fourth-order valence-corrected chi connectivity index (χ4v) is 4.11. The van der Waals surface area contributed by atoms with Gasteiger partial charge in [-0.2, -0.15) is 18.4 Å². The van der Waals surface area contributed by atoms with Crippen molar-refractivity contribution in [3.63, 3.8) is 0 Å². The number of hydrogen-bond acceptors (Lipinski definition) is 5. The lowest BCUT2D eigenvalue weighted by atomic mass is 10.0. The first-order chi connectivity index (χ1) is 14.3. The Morgan fingerprint density at radius 1 is 1.20 bits per heavy atom. The van der Waals surface area contributed by atoms with Crippen LogP contribution in [-0.2, 0) is 17.4 Å². The number of benzene rings is 1. The minimum Gasteiger partial charge on any atom is -0.339 e. The van der Waals surface area contributed by atoms with Crippen molar-refractivity contribution in [1.29, 1.82) is 5.26 Å². The van der Waals surface area contributed by atoms with Crippen molar-refractivity contribution in [2.24, 2.45) is 0 Å². The summed E-state index contributed by atoms with van der Waals surface area (Å²) in [5.74, 6) is -0.224. The van der Waals surface area contributed by atoms with E-state index in [0.717, 1.165) is 36.5 Å². The van der Waals surface area contributed by atoms with Crippen LogP contribution in [0.1, 0.15) is 22.4 Å². The van der Waals surface area contributed by atoms with Gasteiger partial charge in [-0.3, -0.25) is 4.79 Å². The van der Waals surface area contributed by atoms with E-state index >= 15 is 0 Å². The maximum atomic E-state index is 13.6. The minimum absolute atomic E-state index is 0.0549. The number of rotatable bonds is 5. The number of halogens is 3. The molecule has 0 unspecified atom stereocenters. The van der Waals surface area contributed by atoms with E-state index in [0.29, 0.717) is 13.1 Å². The van der Waals surface area contributed by atoms with Gasteiger partial charge in [-0.15, -0.1) is 0 Å². The summed E-state index contributed by atoms with van der Waals surface area (Å²) in [5, 5.41) is 9.33. The van der Waals surface area contributed by atoms with E-state index in [1.807, 2.05) is 13.1 Å². The molecule has 2 aromatic rings. The van der Waals surface area contributed by atoms with Gasteiger partial charge in [-0.1, -0.05) is 42.1 Å². The summed E-state index contributed by atoms with van der Waals surface area (Å²) in [4.78, 5) is 20.6. The number of hydrogen-bond donors (Lipinski definition) is 0. The highest BCUT2D eigenvalue weighted by atomic mass is 32.2. The molecule has 1 aromatic carbocycles. The summed E-state index contributed by atoms with van der Waals surface area (Å²) in [6.45, 7) is 2.67. The molecular formula is C21H21F3N4OS. The molecule has 0 radical (unpaired) electrons. The molecule has 0 spiro atoms. The van der Waals surface area contributed by atoms with Crippen LogP contribution in [0.3, 0.4) is 0 Å². The van der Waals surface area contributed by atoms with Gasteiger partial charge in [0.05, 0.1) is 16.9 Å². The zero-order valence-electron chi connectivity index (χ0n) is 16.4. The highest BCUT2D eigenvalue weighted by Gasteiger charge is 2.36. The van der Waals surface area contributed by atoms with Crippen molar-refractivity contribution in [2.45, 2.75) is 17.6 Å². The number of pyridine rings is 1. The standard InChI is InChI=1S/C21H21F3N4OS/c1-27-7-9-28(10-8-27)19(29)14-30-20-17(13-25)18(21(22,23)24)12-16(26-20)11-15-5-3-2-4-6-15/h2-6,12H,7-11,14H2,1H3. The lowest BCUT2D eigenvalue weighted by Crippen LogP contribution is -2.47. The van der Waals surface area contributed by atoms with Gasteiger partial charge in [0.15, 0.2) is 0 Å². The Hall–Kier alpha value is -2.57. The van der Waals surface area contributed by atoms with E-state index < -0.39 is 17.3 Å². The van der Waals surface area contributed by atoms with Crippen molar-refractivity contribution >= 4 is 17.7 Å². The molecule has 1 amide bonds. The Bertz CT molecular complexity index is 936. The first-order valence-corrected chi connectivity index (χ1v) is 10.4. The van der Waals surface area contributed by atoms with Crippen LogP contribution in [-0.4, -0.2) is 59.7 Å². The number of aromatic nitrogens is 1. The van der Waals surface area contributed by atoms with Gasteiger partial charge in [-0.05, 0) is 18.7 Å². The molecule has 9 heteroatoms. The second-order valence-electron chi connectivity index (χ2n) is 7.09. The Labute approximate surface area is 177 Å². The SMILES string of the molecule is CN1CCN(C(=O)CSc2nc(Cc3ccccc3)cc(C(F)(F)F)c2C#N)CC1. The predicted molar refractivity (Wildman–Crippen MR) is 108 cm³/mol. The predicted octanol–water partition coefficient (Wildman–Crippen LogP) is 3.43. The third-order valence-electron chi connectivity index (χ3n) is 4.87. The van der Waals surface area contributed by atoms with Gasteiger partial charge in [-0.25, -0.2) is 4.98 Å². The monoisotopic (exact) mass is 434 g/mol. The minimum atomic E-state index is -4.68. The Balaban J connectivity index is 1.85. The molecule has 1 aromatic heterocycles. The highest BCUT2D eigenvalue weighted by Crippen LogP contribution is 2.36. The number of likely N-dealkylation sites (N-methyl/N-ethyl adjacent to an activating group) is 1.